The highest BCUT2D eigenvalue weighted by molar-refractivity contribution is 7.22. The molecule has 6 heteroatoms. The Bertz CT molecular complexity index is 1020. The van der Waals surface area contributed by atoms with E-state index >= 15 is 0 Å². The lowest BCUT2D eigenvalue weighted by molar-refractivity contribution is -0.116. The molecule has 0 saturated carbocycles. The highest BCUT2D eigenvalue weighted by Crippen LogP contribution is 2.25. The zero-order chi connectivity index (χ0) is 17.9. The van der Waals surface area contributed by atoms with Crippen molar-refractivity contribution in [2.75, 3.05) is 5.32 Å². The van der Waals surface area contributed by atoms with Gasteiger partial charge in [-0.05, 0) is 19.1 Å². The van der Waals surface area contributed by atoms with Crippen LogP contribution < -0.4 is 5.32 Å². The summed E-state index contributed by atoms with van der Waals surface area (Å²) in [6.07, 6.45) is 2.44. The molecule has 1 amide bonds. The zero-order valence-electron chi connectivity index (χ0n) is 14.2. The maximum absolute atomic E-state index is 12.2. The number of aryl methyl sites for hydroxylation is 2. The Kier molecular flexibility index (Phi) is 4.50. The zero-order valence-corrected chi connectivity index (χ0v) is 15.0. The monoisotopic (exact) mass is 363 g/mol. The van der Waals surface area contributed by atoms with E-state index in [0.29, 0.717) is 29.6 Å². The number of anilines is 1. The van der Waals surface area contributed by atoms with Crippen molar-refractivity contribution in [3.63, 3.8) is 0 Å². The minimum absolute atomic E-state index is 0.0980. The highest BCUT2D eigenvalue weighted by atomic mass is 32.1. The molecule has 0 atom stereocenters. The van der Waals surface area contributed by atoms with Crippen LogP contribution in [0.25, 0.3) is 21.5 Å². The summed E-state index contributed by atoms with van der Waals surface area (Å²) >= 11 is 1.47. The number of nitrogens with zero attached hydrogens (tertiary/aromatic N) is 2. The molecular formula is C20H17N3O2S. The van der Waals surface area contributed by atoms with Crippen LogP contribution in [0.1, 0.15) is 17.9 Å². The van der Waals surface area contributed by atoms with E-state index in [4.69, 9.17) is 4.42 Å². The first-order valence-electron chi connectivity index (χ1n) is 8.34. The van der Waals surface area contributed by atoms with Gasteiger partial charge in [-0.25, -0.2) is 9.97 Å². The van der Waals surface area contributed by atoms with Gasteiger partial charge in [0.2, 0.25) is 5.91 Å². The summed E-state index contributed by atoms with van der Waals surface area (Å²) in [5, 5.41) is 3.46. The third-order valence-corrected chi connectivity index (χ3v) is 4.95. The van der Waals surface area contributed by atoms with Gasteiger partial charge in [0.1, 0.15) is 0 Å². The van der Waals surface area contributed by atoms with Gasteiger partial charge in [-0.1, -0.05) is 53.3 Å². The number of nitrogens with one attached hydrogen (secondary N) is 1. The van der Waals surface area contributed by atoms with Crippen molar-refractivity contribution in [3.05, 3.63) is 66.2 Å². The van der Waals surface area contributed by atoms with Crippen molar-refractivity contribution in [1.29, 1.82) is 0 Å². The van der Waals surface area contributed by atoms with Crippen molar-refractivity contribution >= 4 is 32.6 Å². The molecule has 0 radical (unpaired) electrons. The van der Waals surface area contributed by atoms with Gasteiger partial charge in [0.05, 0.1) is 16.4 Å². The Morgan fingerprint density at radius 1 is 1.15 bits per heavy atom. The van der Waals surface area contributed by atoms with Crippen LogP contribution in [0.4, 0.5) is 5.13 Å². The Morgan fingerprint density at radius 3 is 2.77 bits per heavy atom. The van der Waals surface area contributed by atoms with E-state index in [0.717, 1.165) is 15.8 Å². The molecule has 0 spiro atoms. The van der Waals surface area contributed by atoms with Crippen molar-refractivity contribution in [2.24, 2.45) is 0 Å². The number of oxazole rings is 1. The van der Waals surface area contributed by atoms with E-state index in [-0.39, 0.29) is 5.91 Å². The number of rotatable bonds is 5. The number of para-hydroxylation sites is 1. The predicted octanol–water partition coefficient (Wildman–Crippen LogP) is 4.83. The number of amides is 1. The molecule has 0 bridgehead atoms. The average molecular weight is 363 g/mol. The molecule has 2 aromatic heterocycles. The van der Waals surface area contributed by atoms with Gasteiger partial charge in [0, 0.05) is 18.4 Å². The summed E-state index contributed by atoms with van der Waals surface area (Å²) in [5.74, 6) is 1.17. The number of carbonyl (C=O) groups excluding carboxylic acids is 1. The van der Waals surface area contributed by atoms with Gasteiger partial charge < -0.3 is 9.73 Å². The molecule has 26 heavy (non-hydrogen) atoms. The summed E-state index contributed by atoms with van der Waals surface area (Å²) in [4.78, 5) is 20.8. The van der Waals surface area contributed by atoms with Crippen molar-refractivity contribution in [2.45, 2.75) is 19.8 Å². The lowest BCUT2D eigenvalue weighted by Gasteiger charge is -2.00. The Balaban J connectivity index is 1.36. The summed E-state index contributed by atoms with van der Waals surface area (Å²) < 4.78 is 6.81. The minimum atomic E-state index is -0.0980. The fourth-order valence-corrected chi connectivity index (χ4v) is 3.49. The van der Waals surface area contributed by atoms with Gasteiger partial charge >= 0.3 is 0 Å². The first kappa shape index (κ1) is 16.5. The number of hydrogen-bond acceptors (Lipinski definition) is 5. The first-order chi connectivity index (χ1) is 12.7. The number of hydrogen-bond donors (Lipinski definition) is 1. The Labute approximate surface area is 154 Å². The van der Waals surface area contributed by atoms with Crippen molar-refractivity contribution in [3.8, 4) is 11.3 Å². The van der Waals surface area contributed by atoms with Crippen molar-refractivity contribution in [1.82, 2.24) is 9.97 Å². The van der Waals surface area contributed by atoms with Crippen LogP contribution in [0.3, 0.4) is 0 Å². The molecule has 4 rings (SSSR count). The van der Waals surface area contributed by atoms with E-state index in [1.807, 2.05) is 55.5 Å². The van der Waals surface area contributed by atoms with Crippen LogP contribution in [-0.4, -0.2) is 15.9 Å². The maximum atomic E-state index is 12.2. The third-order valence-electron chi connectivity index (χ3n) is 4.00. The molecule has 2 heterocycles. The van der Waals surface area contributed by atoms with E-state index in [1.54, 1.807) is 6.20 Å². The predicted molar refractivity (Wildman–Crippen MR) is 103 cm³/mol. The first-order valence-corrected chi connectivity index (χ1v) is 9.16. The average Bonchev–Trinajstić information content (AvgIpc) is 3.27. The fraction of sp³-hybridized carbons (Fsp3) is 0.150. The second-order valence-electron chi connectivity index (χ2n) is 6.02. The second kappa shape index (κ2) is 7.09. The number of fused-ring (bicyclic) bond motifs is 1. The molecule has 5 nitrogen and oxygen atoms in total. The molecule has 0 aliphatic rings. The van der Waals surface area contributed by atoms with Gasteiger partial charge in [0.15, 0.2) is 16.8 Å². The van der Waals surface area contributed by atoms with Gasteiger partial charge in [0.25, 0.3) is 0 Å². The fourth-order valence-electron chi connectivity index (χ4n) is 2.61. The van der Waals surface area contributed by atoms with Crippen molar-refractivity contribution < 1.29 is 9.21 Å². The van der Waals surface area contributed by atoms with Crippen LogP contribution in [-0.2, 0) is 11.2 Å². The van der Waals surface area contributed by atoms with Gasteiger partial charge in [-0.3, -0.25) is 4.79 Å². The number of thiazole rings is 1. The number of benzene rings is 2. The summed E-state index contributed by atoms with van der Waals surface area (Å²) in [6.45, 7) is 2.04. The third kappa shape index (κ3) is 3.65. The highest BCUT2D eigenvalue weighted by Gasteiger charge is 2.11. The van der Waals surface area contributed by atoms with E-state index < -0.39 is 0 Å². The number of carbonyl (C=O) groups is 1. The maximum Gasteiger partial charge on any atom is 0.226 e. The minimum Gasteiger partial charge on any atom is -0.441 e. The molecule has 0 fully saturated rings. The van der Waals surface area contributed by atoms with E-state index in [9.17, 15) is 4.79 Å². The largest absolute Gasteiger partial charge is 0.441 e. The molecule has 2 aromatic carbocycles. The van der Waals surface area contributed by atoms with Crippen LogP contribution in [0, 0.1) is 6.92 Å². The molecule has 130 valence electrons. The standard InChI is InChI=1S/C20H17N3O2S/c1-13-6-8-14(9-7-13)16-12-21-19(25-16)11-10-18(24)23-20-22-15-4-2-3-5-17(15)26-20/h2-9,12H,10-11H2,1H3,(H,22,23,24). The second-order valence-corrected chi connectivity index (χ2v) is 7.05. The topological polar surface area (TPSA) is 68.0 Å². The smallest absolute Gasteiger partial charge is 0.226 e. The Morgan fingerprint density at radius 2 is 1.96 bits per heavy atom. The molecule has 0 aliphatic heterocycles. The van der Waals surface area contributed by atoms with Gasteiger partial charge in [-0.15, -0.1) is 0 Å². The molecule has 4 aromatic rings. The molecular weight excluding hydrogens is 346 g/mol. The normalized spacial score (nSPS) is 11.0. The Hall–Kier alpha value is -2.99. The molecule has 1 N–H and O–H groups in total. The lowest BCUT2D eigenvalue weighted by Crippen LogP contribution is -2.12. The van der Waals surface area contributed by atoms with E-state index in [1.165, 1.54) is 16.9 Å². The summed E-state index contributed by atoms with van der Waals surface area (Å²) in [5.41, 5.74) is 3.07. The van der Waals surface area contributed by atoms with E-state index in [2.05, 4.69) is 15.3 Å². The SMILES string of the molecule is Cc1ccc(-c2cnc(CCC(=O)Nc3nc4ccccc4s3)o2)cc1. The molecule has 0 aliphatic carbocycles. The molecule has 0 saturated heterocycles. The van der Waals surface area contributed by atoms with Crippen LogP contribution in [0.15, 0.2) is 59.1 Å². The summed E-state index contributed by atoms with van der Waals surface area (Å²) in [6, 6.07) is 15.9. The lowest BCUT2D eigenvalue weighted by atomic mass is 10.1. The van der Waals surface area contributed by atoms with Crippen LogP contribution >= 0.6 is 11.3 Å². The quantitative estimate of drug-likeness (QED) is 0.551. The number of aromatic nitrogens is 2. The van der Waals surface area contributed by atoms with Gasteiger partial charge in [-0.2, -0.15) is 0 Å². The molecule has 0 unspecified atom stereocenters. The summed E-state index contributed by atoms with van der Waals surface area (Å²) in [7, 11) is 0. The van der Waals surface area contributed by atoms with Crippen LogP contribution in [0.5, 0.6) is 0 Å². The van der Waals surface area contributed by atoms with Crippen LogP contribution in [0.2, 0.25) is 0 Å².